The van der Waals surface area contributed by atoms with Crippen LogP contribution in [0.3, 0.4) is 0 Å². The highest BCUT2D eigenvalue weighted by Gasteiger charge is 2.31. The van der Waals surface area contributed by atoms with E-state index in [-0.39, 0.29) is 12.0 Å². The van der Waals surface area contributed by atoms with E-state index in [1.54, 1.807) is 18.2 Å². The summed E-state index contributed by atoms with van der Waals surface area (Å²) in [5.41, 5.74) is -0.0826. The number of ether oxygens (including phenoxy) is 2. The van der Waals surface area contributed by atoms with Gasteiger partial charge in [0.15, 0.2) is 11.5 Å². The van der Waals surface area contributed by atoms with Gasteiger partial charge in [0.2, 0.25) is 5.91 Å². The summed E-state index contributed by atoms with van der Waals surface area (Å²) in [7, 11) is 1.51. The molecule has 0 aliphatic heterocycles. The van der Waals surface area contributed by atoms with E-state index in [2.05, 4.69) is 31.1 Å². The Balaban J connectivity index is 0.00000142. The summed E-state index contributed by atoms with van der Waals surface area (Å²) >= 11 is 0. The molecular weight excluding hydrogens is 457 g/mol. The fourth-order valence-electron chi connectivity index (χ4n) is 3.00. The quantitative estimate of drug-likeness (QED) is 0.251. The van der Waals surface area contributed by atoms with Crippen LogP contribution in [-0.2, 0) is 11.0 Å². The van der Waals surface area contributed by atoms with Crippen LogP contribution >= 0.6 is 0 Å². The lowest BCUT2D eigenvalue weighted by Gasteiger charge is -2.18. The van der Waals surface area contributed by atoms with E-state index < -0.39 is 23.6 Å². The van der Waals surface area contributed by atoms with Gasteiger partial charge in [0.05, 0.1) is 18.6 Å². The molecule has 0 aromatic heterocycles. The lowest BCUT2D eigenvalue weighted by molar-refractivity contribution is -0.137. The van der Waals surface area contributed by atoms with E-state index in [9.17, 15) is 18.0 Å². The summed E-state index contributed by atoms with van der Waals surface area (Å²) in [6, 6.07) is 9.71. The Bertz CT molecular complexity index is 915. The summed E-state index contributed by atoms with van der Waals surface area (Å²) in [5.74, 6) is -0.296. The number of methoxy groups -OCH3 is 1. The molecule has 0 heterocycles. The van der Waals surface area contributed by atoms with Gasteiger partial charge in [-0.3, -0.25) is 4.79 Å². The minimum Gasteiger partial charge on any atom is -0.493 e. The number of halogens is 3. The number of benzene rings is 2. The number of hydrogen-bond acceptors (Lipinski definition) is 4. The highest BCUT2D eigenvalue weighted by Crippen LogP contribution is 2.33. The average molecular weight is 495 g/mol. The molecule has 8 heteroatoms. The third kappa shape index (κ3) is 10.4. The van der Waals surface area contributed by atoms with E-state index in [4.69, 9.17) is 9.47 Å². The van der Waals surface area contributed by atoms with Gasteiger partial charge in [0.25, 0.3) is 0 Å². The Morgan fingerprint density at radius 2 is 1.80 bits per heavy atom. The molecule has 0 aliphatic carbocycles. The summed E-state index contributed by atoms with van der Waals surface area (Å²) in [6.45, 7) is 11.8. The van der Waals surface area contributed by atoms with Crippen molar-refractivity contribution in [2.75, 3.05) is 32.1 Å². The molecule has 2 N–H and O–H groups in total. The standard InChI is InChI=1S/C23H27F3N2O3.C4H10/c1-4-7-19(16-8-6-9-17(14-16)23(24,25)26)22(29)28-18-10-11-20(30-3)21(15-18)31-13-12-27-5-2;1-3-4-2/h4,6,8-11,14-15,19,27H,1,5,7,12-13H2,2-3H3,(H,28,29);3-4H2,1-2H3. The van der Waals surface area contributed by atoms with Crippen molar-refractivity contribution in [3.63, 3.8) is 0 Å². The molecule has 0 saturated carbocycles. The van der Waals surface area contributed by atoms with Crippen molar-refractivity contribution in [2.45, 2.75) is 52.1 Å². The van der Waals surface area contributed by atoms with E-state index in [1.807, 2.05) is 6.92 Å². The number of carbonyl (C=O) groups is 1. The smallest absolute Gasteiger partial charge is 0.416 e. The van der Waals surface area contributed by atoms with Gasteiger partial charge >= 0.3 is 6.18 Å². The third-order valence-electron chi connectivity index (χ3n) is 5.05. The predicted octanol–water partition coefficient (Wildman–Crippen LogP) is 6.81. The van der Waals surface area contributed by atoms with Crippen molar-refractivity contribution in [3.05, 3.63) is 66.2 Å². The molecular formula is C27H37F3N2O3. The van der Waals surface area contributed by atoms with Gasteiger partial charge in [0.1, 0.15) is 6.61 Å². The van der Waals surface area contributed by atoms with Crippen LogP contribution in [0.2, 0.25) is 0 Å². The first-order chi connectivity index (χ1) is 16.7. The number of unbranched alkanes of at least 4 members (excludes halogenated alkanes) is 1. The molecule has 194 valence electrons. The maximum absolute atomic E-state index is 13.1. The second-order valence-corrected chi connectivity index (χ2v) is 7.76. The van der Waals surface area contributed by atoms with Crippen molar-refractivity contribution in [1.29, 1.82) is 0 Å². The lowest BCUT2D eigenvalue weighted by atomic mass is 9.93. The number of amides is 1. The fourth-order valence-corrected chi connectivity index (χ4v) is 3.00. The molecule has 0 spiro atoms. The van der Waals surface area contributed by atoms with Gasteiger partial charge in [0, 0.05) is 18.3 Å². The molecule has 0 fully saturated rings. The van der Waals surface area contributed by atoms with E-state index in [0.717, 1.165) is 18.7 Å². The molecule has 1 amide bonds. The highest BCUT2D eigenvalue weighted by atomic mass is 19.4. The van der Waals surface area contributed by atoms with Crippen molar-refractivity contribution < 1.29 is 27.4 Å². The van der Waals surface area contributed by atoms with Crippen LogP contribution in [-0.4, -0.2) is 32.7 Å². The van der Waals surface area contributed by atoms with E-state index in [0.29, 0.717) is 30.3 Å². The number of anilines is 1. The van der Waals surface area contributed by atoms with E-state index >= 15 is 0 Å². The minimum atomic E-state index is -4.49. The van der Waals surface area contributed by atoms with Gasteiger partial charge in [-0.15, -0.1) is 6.58 Å². The largest absolute Gasteiger partial charge is 0.493 e. The summed E-state index contributed by atoms with van der Waals surface area (Å²) in [5, 5.41) is 5.90. The highest BCUT2D eigenvalue weighted by molar-refractivity contribution is 5.96. The normalized spacial score (nSPS) is 11.6. The molecule has 35 heavy (non-hydrogen) atoms. The van der Waals surface area contributed by atoms with Crippen LogP contribution in [0, 0.1) is 0 Å². The molecule has 1 unspecified atom stereocenters. The average Bonchev–Trinajstić information content (AvgIpc) is 2.85. The van der Waals surface area contributed by atoms with Crippen molar-refractivity contribution in [1.82, 2.24) is 5.32 Å². The van der Waals surface area contributed by atoms with Crippen LogP contribution in [0.25, 0.3) is 0 Å². The van der Waals surface area contributed by atoms with Crippen LogP contribution in [0.4, 0.5) is 18.9 Å². The van der Waals surface area contributed by atoms with Crippen LogP contribution in [0.15, 0.2) is 55.1 Å². The molecule has 0 radical (unpaired) electrons. The second kappa shape index (κ2) is 15.8. The van der Waals surface area contributed by atoms with E-state index in [1.165, 1.54) is 38.2 Å². The second-order valence-electron chi connectivity index (χ2n) is 7.76. The molecule has 2 aromatic rings. The number of nitrogens with one attached hydrogen (secondary N) is 2. The van der Waals surface area contributed by atoms with Crippen molar-refractivity contribution >= 4 is 11.6 Å². The number of allylic oxidation sites excluding steroid dienone is 1. The van der Waals surface area contributed by atoms with Gasteiger partial charge in [-0.1, -0.05) is 57.9 Å². The number of alkyl halides is 3. The minimum absolute atomic E-state index is 0.190. The van der Waals surface area contributed by atoms with Crippen LogP contribution < -0.4 is 20.1 Å². The van der Waals surface area contributed by atoms with Crippen LogP contribution in [0.1, 0.15) is 57.1 Å². The number of rotatable bonds is 12. The first-order valence-corrected chi connectivity index (χ1v) is 11.8. The Morgan fingerprint density at radius 3 is 2.37 bits per heavy atom. The van der Waals surface area contributed by atoms with Crippen molar-refractivity contribution in [2.24, 2.45) is 0 Å². The topological polar surface area (TPSA) is 59.6 Å². The number of carbonyl (C=O) groups excluding carboxylic acids is 1. The first kappa shape index (κ1) is 30.0. The lowest BCUT2D eigenvalue weighted by Crippen LogP contribution is -2.22. The molecule has 1 atom stereocenters. The zero-order chi connectivity index (χ0) is 26.3. The summed E-state index contributed by atoms with van der Waals surface area (Å²) < 4.78 is 50.2. The Kier molecular flexibility index (Phi) is 13.6. The molecule has 5 nitrogen and oxygen atoms in total. The predicted molar refractivity (Wildman–Crippen MR) is 135 cm³/mol. The van der Waals surface area contributed by atoms with Crippen LogP contribution in [0.5, 0.6) is 11.5 Å². The van der Waals surface area contributed by atoms with Gasteiger partial charge in [-0.25, -0.2) is 0 Å². The van der Waals surface area contributed by atoms with Gasteiger partial charge < -0.3 is 20.1 Å². The Morgan fingerprint density at radius 1 is 1.09 bits per heavy atom. The van der Waals surface area contributed by atoms with Gasteiger partial charge in [-0.2, -0.15) is 13.2 Å². The SMILES string of the molecule is C=CCC(C(=O)Nc1ccc(OC)c(OCCNCC)c1)c1cccc(C(F)(F)F)c1.CCCC. The zero-order valence-electron chi connectivity index (χ0n) is 21.0. The maximum Gasteiger partial charge on any atom is 0.416 e. The first-order valence-electron chi connectivity index (χ1n) is 11.8. The Labute approximate surface area is 206 Å². The molecule has 0 aliphatic rings. The number of hydrogen-bond donors (Lipinski definition) is 2. The molecule has 2 aromatic carbocycles. The maximum atomic E-state index is 13.1. The fraction of sp³-hybridized carbons (Fsp3) is 0.444. The van der Waals surface area contributed by atoms with Crippen molar-refractivity contribution in [3.8, 4) is 11.5 Å². The summed E-state index contributed by atoms with van der Waals surface area (Å²) in [4.78, 5) is 12.9. The molecule has 0 bridgehead atoms. The summed E-state index contributed by atoms with van der Waals surface area (Å²) in [6.07, 6.45) is -0.150. The third-order valence-corrected chi connectivity index (χ3v) is 5.05. The van der Waals surface area contributed by atoms with Gasteiger partial charge in [-0.05, 0) is 36.7 Å². The number of likely N-dealkylation sites (N-methyl/N-ethyl adjacent to an activating group) is 1. The molecule has 2 rings (SSSR count). The zero-order valence-corrected chi connectivity index (χ0v) is 21.0. The Hall–Kier alpha value is -3.00. The molecule has 0 saturated heterocycles. The monoisotopic (exact) mass is 494 g/mol.